The van der Waals surface area contributed by atoms with Crippen LogP contribution in [0.1, 0.15) is 51.0 Å². The maximum Gasteiger partial charge on any atom is 0.222 e. The van der Waals surface area contributed by atoms with Crippen LogP contribution < -0.4 is 5.32 Å². The summed E-state index contributed by atoms with van der Waals surface area (Å²) in [5, 5.41) is 3.23. The molecule has 5 nitrogen and oxygen atoms in total. The first-order valence-corrected chi connectivity index (χ1v) is 9.06. The molecule has 1 aliphatic carbocycles. The number of rotatable bonds is 6. The molecule has 1 aliphatic heterocycles. The van der Waals surface area contributed by atoms with Gasteiger partial charge in [0, 0.05) is 50.1 Å². The van der Waals surface area contributed by atoms with Crippen molar-refractivity contribution in [2.45, 2.75) is 58.1 Å². The van der Waals surface area contributed by atoms with Crippen LogP contribution in [0, 0.1) is 5.41 Å². The summed E-state index contributed by atoms with van der Waals surface area (Å²) in [6.07, 6.45) is 11.9. The molecule has 5 heteroatoms. The number of hydrogen-bond acceptors (Lipinski definition) is 5. The van der Waals surface area contributed by atoms with Gasteiger partial charge in [-0.1, -0.05) is 13.3 Å². The topological polar surface area (TPSA) is 50.3 Å². The van der Waals surface area contributed by atoms with Crippen molar-refractivity contribution >= 4 is 5.95 Å². The third-order valence-electron chi connectivity index (χ3n) is 5.44. The van der Waals surface area contributed by atoms with E-state index in [1.165, 1.54) is 44.2 Å². The Kier molecular flexibility index (Phi) is 5.49. The Morgan fingerprint density at radius 3 is 2.83 bits per heavy atom. The van der Waals surface area contributed by atoms with E-state index in [1.807, 2.05) is 19.5 Å². The van der Waals surface area contributed by atoms with Gasteiger partial charge >= 0.3 is 0 Å². The molecule has 1 saturated carbocycles. The van der Waals surface area contributed by atoms with Gasteiger partial charge in [0.1, 0.15) is 0 Å². The molecule has 1 spiro atoms. The summed E-state index contributed by atoms with van der Waals surface area (Å²) in [6, 6.07) is 0. The van der Waals surface area contributed by atoms with Crippen LogP contribution in [0.15, 0.2) is 12.4 Å². The highest BCUT2D eigenvalue weighted by Gasteiger charge is 2.45. The molecular formula is C18H30N4O. The van der Waals surface area contributed by atoms with Crippen LogP contribution >= 0.6 is 0 Å². The number of aromatic nitrogens is 2. The third-order valence-corrected chi connectivity index (χ3v) is 5.44. The van der Waals surface area contributed by atoms with Crippen LogP contribution in [0.3, 0.4) is 0 Å². The van der Waals surface area contributed by atoms with Gasteiger partial charge in [-0.2, -0.15) is 0 Å². The van der Waals surface area contributed by atoms with E-state index < -0.39 is 0 Å². The van der Waals surface area contributed by atoms with Crippen molar-refractivity contribution in [3.63, 3.8) is 0 Å². The number of nitrogens with one attached hydrogen (secondary N) is 1. The second-order valence-electron chi connectivity index (χ2n) is 7.13. The van der Waals surface area contributed by atoms with E-state index in [0.717, 1.165) is 32.0 Å². The molecular weight excluding hydrogens is 288 g/mol. The highest BCUT2D eigenvalue weighted by Crippen LogP contribution is 2.46. The van der Waals surface area contributed by atoms with E-state index in [9.17, 15) is 0 Å². The van der Waals surface area contributed by atoms with Crippen LogP contribution in [0.4, 0.5) is 5.95 Å². The first kappa shape index (κ1) is 16.7. The molecule has 0 radical (unpaired) electrons. The van der Waals surface area contributed by atoms with Crippen molar-refractivity contribution in [1.29, 1.82) is 0 Å². The van der Waals surface area contributed by atoms with E-state index in [2.05, 4.69) is 27.1 Å². The molecule has 23 heavy (non-hydrogen) atoms. The Morgan fingerprint density at radius 2 is 2.09 bits per heavy atom. The van der Waals surface area contributed by atoms with Crippen molar-refractivity contribution in [3.8, 4) is 0 Å². The maximum absolute atomic E-state index is 5.80. The molecule has 0 unspecified atom stereocenters. The molecule has 1 aromatic rings. The Labute approximate surface area is 139 Å². The van der Waals surface area contributed by atoms with E-state index in [4.69, 9.17) is 4.74 Å². The van der Waals surface area contributed by atoms with Gasteiger partial charge in [0.2, 0.25) is 5.95 Å². The van der Waals surface area contributed by atoms with Crippen LogP contribution in [-0.4, -0.2) is 47.7 Å². The normalized spacial score (nSPS) is 28.3. The van der Waals surface area contributed by atoms with Crippen molar-refractivity contribution in [3.05, 3.63) is 18.0 Å². The summed E-state index contributed by atoms with van der Waals surface area (Å²) < 4.78 is 5.80. The summed E-state index contributed by atoms with van der Waals surface area (Å²) in [4.78, 5) is 11.4. The molecule has 2 heterocycles. The van der Waals surface area contributed by atoms with Crippen LogP contribution in [0.5, 0.6) is 0 Å². The second kappa shape index (κ2) is 7.58. The number of ether oxygens (including phenoxy) is 1. The highest BCUT2D eigenvalue weighted by molar-refractivity contribution is 5.24. The first-order chi connectivity index (χ1) is 11.3. The minimum Gasteiger partial charge on any atom is -0.381 e. The Hall–Kier alpha value is -1.20. The number of anilines is 1. The Bertz CT molecular complexity index is 492. The standard InChI is InChI=1S/C18H30N4O/c1-3-9-19-17-20-11-15(12-21-17)13-22-10-5-8-18(14-22)7-4-6-16(18)23-2/h11-12,16H,3-10,13-14H2,1-2H3,(H,19,20,21)/t16-,18+/m1/s1. The highest BCUT2D eigenvalue weighted by atomic mass is 16.5. The predicted molar refractivity (Wildman–Crippen MR) is 92.4 cm³/mol. The maximum atomic E-state index is 5.80. The van der Waals surface area contributed by atoms with E-state index in [-0.39, 0.29) is 0 Å². The number of methoxy groups -OCH3 is 1. The Morgan fingerprint density at radius 1 is 1.30 bits per heavy atom. The number of hydrogen-bond donors (Lipinski definition) is 1. The summed E-state index contributed by atoms with van der Waals surface area (Å²) >= 11 is 0. The fraction of sp³-hybridized carbons (Fsp3) is 0.778. The van der Waals surface area contributed by atoms with Crippen LogP contribution in [0.25, 0.3) is 0 Å². The molecule has 2 atom stereocenters. The number of piperidine rings is 1. The fourth-order valence-corrected chi connectivity index (χ4v) is 4.36. The van der Waals surface area contributed by atoms with E-state index in [1.54, 1.807) is 0 Å². The lowest BCUT2D eigenvalue weighted by molar-refractivity contribution is -0.0366. The van der Waals surface area contributed by atoms with Gasteiger partial charge in [-0.05, 0) is 38.6 Å². The lowest BCUT2D eigenvalue weighted by Gasteiger charge is -2.43. The second-order valence-corrected chi connectivity index (χ2v) is 7.13. The molecule has 2 fully saturated rings. The van der Waals surface area contributed by atoms with E-state index >= 15 is 0 Å². The van der Waals surface area contributed by atoms with Crippen molar-refractivity contribution in [1.82, 2.24) is 14.9 Å². The molecule has 1 saturated heterocycles. The van der Waals surface area contributed by atoms with Gasteiger partial charge in [-0.3, -0.25) is 4.90 Å². The smallest absolute Gasteiger partial charge is 0.222 e. The zero-order valence-electron chi connectivity index (χ0n) is 14.6. The Balaban J connectivity index is 1.59. The third kappa shape index (κ3) is 3.83. The molecule has 0 amide bonds. The molecule has 128 valence electrons. The average Bonchev–Trinajstić information content (AvgIpc) is 2.96. The summed E-state index contributed by atoms with van der Waals surface area (Å²) in [7, 11) is 1.88. The van der Waals surface area contributed by atoms with Crippen molar-refractivity contribution < 1.29 is 4.74 Å². The molecule has 0 aromatic carbocycles. The lowest BCUT2D eigenvalue weighted by Crippen LogP contribution is -2.47. The SMILES string of the molecule is CCCNc1ncc(CN2CCC[C@@]3(CCC[C@H]3OC)C2)cn1. The number of nitrogens with zero attached hydrogens (tertiary/aromatic N) is 3. The lowest BCUT2D eigenvalue weighted by atomic mass is 9.76. The van der Waals surface area contributed by atoms with Gasteiger partial charge in [-0.25, -0.2) is 9.97 Å². The average molecular weight is 318 g/mol. The van der Waals surface area contributed by atoms with E-state index in [0.29, 0.717) is 11.5 Å². The number of likely N-dealkylation sites (tertiary alicyclic amines) is 1. The largest absolute Gasteiger partial charge is 0.381 e. The van der Waals surface area contributed by atoms with Gasteiger partial charge in [0.15, 0.2) is 0 Å². The summed E-state index contributed by atoms with van der Waals surface area (Å²) in [5.74, 6) is 0.737. The zero-order chi connectivity index (χ0) is 16.1. The zero-order valence-corrected chi connectivity index (χ0v) is 14.6. The quantitative estimate of drug-likeness (QED) is 0.873. The minimum atomic E-state index is 0.385. The van der Waals surface area contributed by atoms with Gasteiger partial charge < -0.3 is 10.1 Å². The van der Waals surface area contributed by atoms with Gasteiger partial charge in [0.05, 0.1) is 6.10 Å². The molecule has 3 rings (SSSR count). The minimum absolute atomic E-state index is 0.385. The first-order valence-electron chi connectivity index (χ1n) is 9.06. The van der Waals surface area contributed by atoms with Crippen LogP contribution in [-0.2, 0) is 11.3 Å². The summed E-state index contributed by atoms with van der Waals surface area (Å²) in [6.45, 7) is 6.35. The van der Waals surface area contributed by atoms with Gasteiger partial charge in [0.25, 0.3) is 0 Å². The molecule has 2 aliphatic rings. The molecule has 1 N–H and O–H groups in total. The molecule has 0 bridgehead atoms. The predicted octanol–water partition coefficient (Wildman–Crippen LogP) is 3.08. The monoisotopic (exact) mass is 318 g/mol. The van der Waals surface area contributed by atoms with Crippen molar-refractivity contribution in [2.75, 3.05) is 32.1 Å². The van der Waals surface area contributed by atoms with Crippen molar-refractivity contribution in [2.24, 2.45) is 5.41 Å². The van der Waals surface area contributed by atoms with Crippen LogP contribution in [0.2, 0.25) is 0 Å². The van der Waals surface area contributed by atoms with Gasteiger partial charge in [-0.15, -0.1) is 0 Å². The summed E-state index contributed by atoms with van der Waals surface area (Å²) in [5.41, 5.74) is 1.59. The fourth-order valence-electron chi connectivity index (χ4n) is 4.36. The molecule has 1 aromatic heterocycles.